The van der Waals surface area contributed by atoms with Crippen LogP contribution in [-0.2, 0) is 4.79 Å². The van der Waals surface area contributed by atoms with Crippen LogP contribution >= 0.6 is 0 Å². The summed E-state index contributed by atoms with van der Waals surface area (Å²) in [5.74, 6) is -1.01. The van der Waals surface area contributed by atoms with Gasteiger partial charge >= 0.3 is 12.0 Å². The number of anilines is 1. The molecule has 1 saturated heterocycles. The molecular weight excluding hydrogens is 256 g/mol. The summed E-state index contributed by atoms with van der Waals surface area (Å²) < 4.78 is 0. The summed E-state index contributed by atoms with van der Waals surface area (Å²) in [7, 11) is 0. The molecule has 0 aromatic heterocycles. The zero-order valence-electron chi connectivity index (χ0n) is 11.9. The first-order valence-corrected chi connectivity index (χ1v) is 6.85. The number of carboxylic acid groups (broad SMARTS) is 1. The van der Waals surface area contributed by atoms with Crippen LogP contribution in [0.15, 0.2) is 24.3 Å². The average Bonchev–Trinajstić information content (AvgIpc) is 2.82. The maximum atomic E-state index is 12.6. The van der Waals surface area contributed by atoms with Crippen molar-refractivity contribution >= 4 is 17.7 Å². The molecule has 0 aliphatic carbocycles. The second-order valence-corrected chi connectivity index (χ2v) is 5.28. The number of hydrogen-bond acceptors (Lipinski definition) is 2. The molecule has 1 heterocycles. The molecule has 0 radical (unpaired) electrons. The molecule has 1 fully saturated rings. The van der Waals surface area contributed by atoms with Gasteiger partial charge in [0.2, 0.25) is 0 Å². The summed E-state index contributed by atoms with van der Waals surface area (Å²) in [5, 5.41) is 9.05. The predicted molar refractivity (Wildman–Crippen MR) is 77.0 cm³/mol. The Labute approximate surface area is 118 Å². The number of benzene rings is 1. The fourth-order valence-corrected chi connectivity index (χ4v) is 2.50. The molecule has 20 heavy (non-hydrogen) atoms. The van der Waals surface area contributed by atoms with Crippen LogP contribution in [0.25, 0.3) is 0 Å². The van der Waals surface area contributed by atoms with E-state index >= 15 is 0 Å². The Bertz CT molecular complexity index is 498. The summed E-state index contributed by atoms with van der Waals surface area (Å²) in [5.41, 5.74) is 1.70. The molecule has 1 atom stereocenters. The molecule has 0 bridgehead atoms. The fourth-order valence-electron chi connectivity index (χ4n) is 2.50. The van der Waals surface area contributed by atoms with Crippen molar-refractivity contribution in [2.75, 3.05) is 18.0 Å². The topological polar surface area (TPSA) is 60.9 Å². The number of carboxylic acids is 1. The lowest BCUT2D eigenvalue weighted by molar-refractivity contribution is -0.135. The Kier molecular flexibility index (Phi) is 4.27. The highest BCUT2D eigenvalue weighted by molar-refractivity contribution is 5.96. The largest absolute Gasteiger partial charge is 0.480 e. The van der Waals surface area contributed by atoms with Gasteiger partial charge in [0.15, 0.2) is 0 Å². The Hall–Kier alpha value is -2.04. The zero-order chi connectivity index (χ0) is 14.7. The third-order valence-electron chi connectivity index (χ3n) is 3.67. The number of amides is 2. The molecule has 0 spiro atoms. The first-order valence-electron chi connectivity index (χ1n) is 6.85. The van der Waals surface area contributed by atoms with Crippen molar-refractivity contribution in [3.05, 3.63) is 29.8 Å². The number of carbonyl (C=O) groups is 2. The highest BCUT2D eigenvalue weighted by atomic mass is 16.4. The monoisotopic (exact) mass is 276 g/mol. The Morgan fingerprint density at radius 1 is 1.35 bits per heavy atom. The molecule has 5 nitrogen and oxygen atoms in total. The molecule has 1 unspecified atom stereocenters. The summed E-state index contributed by atoms with van der Waals surface area (Å²) in [6, 6.07) is 7.29. The summed E-state index contributed by atoms with van der Waals surface area (Å²) >= 11 is 0. The minimum absolute atomic E-state index is 0.171. The van der Waals surface area contributed by atoms with E-state index in [2.05, 4.69) is 0 Å². The van der Waals surface area contributed by atoms with Crippen molar-refractivity contribution in [2.24, 2.45) is 0 Å². The van der Waals surface area contributed by atoms with Gasteiger partial charge in [-0.05, 0) is 38.8 Å². The van der Waals surface area contributed by atoms with Gasteiger partial charge in [-0.15, -0.1) is 0 Å². The molecular formula is C15H20N2O3. The van der Waals surface area contributed by atoms with E-state index in [1.54, 1.807) is 17.0 Å². The lowest BCUT2D eigenvalue weighted by Crippen LogP contribution is -2.46. The predicted octanol–water partition coefficient (Wildman–Crippen LogP) is 2.49. The van der Waals surface area contributed by atoms with Crippen molar-refractivity contribution in [1.29, 1.82) is 0 Å². The smallest absolute Gasteiger partial charge is 0.325 e. The standard InChI is InChI=1S/C15H20N2O3/c1-11-5-7-13(8-6-11)17(10-14(18)19)15(20)16-9-3-4-12(16)2/h5-8,12H,3-4,9-10H2,1-2H3,(H,18,19). The van der Waals surface area contributed by atoms with Crippen molar-refractivity contribution in [2.45, 2.75) is 32.7 Å². The maximum absolute atomic E-state index is 12.6. The molecule has 5 heteroatoms. The van der Waals surface area contributed by atoms with Gasteiger partial charge in [0.05, 0.1) is 0 Å². The van der Waals surface area contributed by atoms with Crippen molar-refractivity contribution in [3.63, 3.8) is 0 Å². The molecule has 0 saturated carbocycles. The highest BCUT2D eigenvalue weighted by Gasteiger charge is 2.30. The molecule has 108 valence electrons. The molecule has 1 aromatic carbocycles. The van der Waals surface area contributed by atoms with Crippen LogP contribution < -0.4 is 4.90 Å². The van der Waals surface area contributed by atoms with Gasteiger partial charge in [0.25, 0.3) is 0 Å². The molecule has 2 rings (SSSR count). The summed E-state index contributed by atoms with van der Waals surface area (Å²) in [4.78, 5) is 26.7. The lowest BCUT2D eigenvalue weighted by atomic mass is 10.2. The molecule has 2 amide bonds. The van der Waals surface area contributed by atoms with E-state index < -0.39 is 5.97 Å². The summed E-state index contributed by atoms with van der Waals surface area (Å²) in [6.45, 7) is 4.34. The third kappa shape index (κ3) is 3.10. The van der Waals surface area contributed by atoms with Crippen LogP contribution in [0.5, 0.6) is 0 Å². The number of rotatable bonds is 3. The van der Waals surface area contributed by atoms with E-state index in [1.807, 2.05) is 26.0 Å². The van der Waals surface area contributed by atoms with Gasteiger partial charge in [0, 0.05) is 18.3 Å². The van der Waals surface area contributed by atoms with Crippen LogP contribution in [0, 0.1) is 6.92 Å². The third-order valence-corrected chi connectivity index (χ3v) is 3.67. The van der Waals surface area contributed by atoms with Crippen LogP contribution in [-0.4, -0.2) is 41.1 Å². The van der Waals surface area contributed by atoms with E-state index in [4.69, 9.17) is 5.11 Å². The minimum Gasteiger partial charge on any atom is -0.480 e. The lowest BCUT2D eigenvalue weighted by Gasteiger charge is -2.29. The summed E-state index contributed by atoms with van der Waals surface area (Å²) in [6.07, 6.45) is 1.95. The van der Waals surface area contributed by atoms with Gasteiger partial charge in [-0.3, -0.25) is 9.69 Å². The molecule has 1 aliphatic heterocycles. The highest BCUT2D eigenvalue weighted by Crippen LogP contribution is 2.22. The van der Waals surface area contributed by atoms with Crippen LogP contribution in [0.1, 0.15) is 25.3 Å². The zero-order valence-corrected chi connectivity index (χ0v) is 11.9. The fraction of sp³-hybridized carbons (Fsp3) is 0.467. The molecule has 1 aromatic rings. The first kappa shape index (κ1) is 14.4. The van der Waals surface area contributed by atoms with Gasteiger partial charge in [-0.25, -0.2) is 4.79 Å². The number of aryl methyl sites for hydroxylation is 1. The van der Waals surface area contributed by atoms with E-state index in [0.29, 0.717) is 12.2 Å². The van der Waals surface area contributed by atoms with Gasteiger partial charge in [0.1, 0.15) is 6.54 Å². The van der Waals surface area contributed by atoms with Gasteiger partial charge in [-0.2, -0.15) is 0 Å². The van der Waals surface area contributed by atoms with E-state index in [9.17, 15) is 9.59 Å². The Morgan fingerprint density at radius 2 is 2.00 bits per heavy atom. The first-order chi connectivity index (χ1) is 9.49. The number of nitrogens with zero attached hydrogens (tertiary/aromatic N) is 2. The van der Waals surface area contributed by atoms with Crippen LogP contribution in [0.2, 0.25) is 0 Å². The number of urea groups is 1. The Balaban J connectivity index is 2.24. The van der Waals surface area contributed by atoms with Gasteiger partial charge in [-0.1, -0.05) is 17.7 Å². The van der Waals surface area contributed by atoms with E-state index in [-0.39, 0.29) is 18.6 Å². The molecule has 1 N–H and O–H groups in total. The van der Waals surface area contributed by atoms with Crippen molar-refractivity contribution < 1.29 is 14.7 Å². The number of hydrogen-bond donors (Lipinski definition) is 1. The SMILES string of the molecule is Cc1ccc(N(CC(=O)O)C(=O)N2CCCC2C)cc1. The average molecular weight is 276 g/mol. The number of likely N-dealkylation sites (tertiary alicyclic amines) is 1. The van der Waals surface area contributed by atoms with Crippen molar-refractivity contribution in [1.82, 2.24) is 4.90 Å². The number of carbonyl (C=O) groups excluding carboxylic acids is 1. The maximum Gasteiger partial charge on any atom is 0.325 e. The van der Waals surface area contributed by atoms with Crippen molar-refractivity contribution in [3.8, 4) is 0 Å². The Morgan fingerprint density at radius 3 is 2.50 bits per heavy atom. The second kappa shape index (κ2) is 5.94. The van der Waals surface area contributed by atoms with Crippen LogP contribution in [0.4, 0.5) is 10.5 Å². The molecule has 1 aliphatic rings. The van der Waals surface area contributed by atoms with E-state index in [1.165, 1.54) is 4.90 Å². The van der Waals surface area contributed by atoms with Gasteiger partial charge < -0.3 is 10.0 Å². The van der Waals surface area contributed by atoms with E-state index in [0.717, 1.165) is 18.4 Å². The minimum atomic E-state index is -1.01. The van der Waals surface area contributed by atoms with Crippen LogP contribution in [0.3, 0.4) is 0 Å². The normalized spacial score (nSPS) is 18.1. The number of aliphatic carboxylic acids is 1. The second-order valence-electron chi connectivity index (χ2n) is 5.28. The quantitative estimate of drug-likeness (QED) is 0.922.